The molecule has 0 aromatic carbocycles. The largest absolute Gasteiger partial charge is 0.395 e. The smallest absolute Gasteiger partial charge is 0.271 e. The van der Waals surface area contributed by atoms with Crippen molar-refractivity contribution in [2.75, 3.05) is 5.73 Å². The standard InChI is InChI=1S/C15H24N4O/c1-8(12-7-10-4-5-11(12)6-10)17-15(20)14-13(16)9(2)18-19(14)3/h8,10-12H,4-7,16H2,1-3H3,(H,17,20). The Balaban J connectivity index is 1.69. The number of anilines is 1. The second kappa shape index (κ2) is 4.79. The third kappa shape index (κ3) is 2.09. The van der Waals surface area contributed by atoms with Crippen LogP contribution in [-0.4, -0.2) is 21.7 Å². The molecule has 2 fully saturated rings. The van der Waals surface area contributed by atoms with Gasteiger partial charge in [0.15, 0.2) is 0 Å². The van der Waals surface area contributed by atoms with Crippen molar-refractivity contribution in [3.8, 4) is 0 Å². The van der Waals surface area contributed by atoms with Gasteiger partial charge >= 0.3 is 0 Å². The van der Waals surface area contributed by atoms with Crippen LogP contribution in [0.1, 0.15) is 48.8 Å². The van der Waals surface area contributed by atoms with Gasteiger partial charge in [0, 0.05) is 13.1 Å². The second-order valence-corrected chi connectivity index (χ2v) is 6.57. The van der Waals surface area contributed by atoms with Crippen molar-refractivity contribution in [2.24, 2.45) is 24.8 Å². The first-order valence-corrected chi connectivity index (χ1v) is 7.57. The fraction of sp³-hybridized carbons (Fsp3) is 0.733. The maximum absolute atomic E-state index is 12.4. The van der Waals surface area contributed by atoms with E-state index in [1.807, 2.05) is 6.92 Å². The van der Waals surface area contributed by atoms with Crippen LogP contribution >= 0.6 is 0 Å². The minimum atomic E-state index is -0.0964. The monoisotopic (exact) mass is 276 g/mol. The quantitative estimate of drug-likeness (QED) is 0.885. The summed E-state index contributed by atoms with van der Waals surface area (Å²) in [4.78, 5) is 12.4. The minimum Gasteiger partial charge on any atom is -0.395 e. The van der Waals surface area contributed by atoms with Crippen LogP contribution in [-0.2, 0) is 7.05 Å². The highest BCUT2D eigenvalue weighted by Crippen LogP contribution is 2.49. The summed E-state index contributed by atoms with van der Waals surface area (Å²) in [5.41, 5.74) is 7.64. The molecule has 4 unspecified atom stereocenters. The Morgan fingerprint density at radius 3 is 2.70 bits per heavy atom. The van der Waals surface area contributed by atoms with Gasteiger partial charge in [-0.15, -0.1) is 0 Å². The third-order valence-corrected chi connectivity index (χ3v) is 5.28. The summed E-state index contributed by atoms with van der Waals surface area (Å²) in [5.74, 6) is 2.24. The highest BCUT2D eigenvalue weighted by Gasteiger charge is 2.42. The van der Waals surface area contributed by atoms with Gasteiger partial charge < -0.3 is 11.1 Å². The van der Waals surface area contributed by atoms with Crippen LogP contribution in [0.3, 0.4) is 0 Å². The number of nitrogens with one attached hydrogen (secondary N) is 1. The molecule has 1 aromatic rings. The van der Waals surface area contributed by atoms with Gasteiger partial charge in [-0.3, -0.25) is 9.48 Å². The van der Waals surface area contributed by atoms with Gasteiger partial charge in [-0.2, -0.15) is 5.10 Å². The highest BCUT2D eigenvalue weighted by atomic mass is 16.2. The first-order chi connectivity index (χ1) is 9.47. The first kappa shape index (κ1) is 13.5. The number of nitrogen functional groups attached to an aromatic ring is 1. The lowest BCUT2D eigenvalue weighted by molar-refractivity contribution is 0.0906. The summed E-state index contributed by atoms with van der Waals surface area (Å²) in [6, 6.07) is 0.215. The Morgan fingerprint density at radius 1 is 1.45 bits per heavy atom. The molecule has 20 heavy (non-hydrogen) atoms. The van der Waals surface area contributed by atoms with Crippen molar-refractivity contribution in [1.29, 1.82) is 0 Å². The zero-order chi connectivity index (χ0) is 14.4. The van der Waals surface area contributed by atoms with Gasteiger partial charge in [-0.05, 0) is 50.9 Å². The number of fused-ring (bicyclic) bond motifs is 2. The lowest BCUT2D eigenvalue weighted by atomic mass is 9.84. The topological polar surface area (TPSA) is 72.9 Å². The Kier molecular flexibility index (Phi) is 3.22. The molecule has 0 aliphatic heterocycles. The molecule has 2 aliphatic rings. The average molecular weight is 276 g/mol. The number of carbonyl (C=O) groups excluding carboxylic acids is 1. The van der Waals surface area contributed by atoms with Gasteiger partial charge in [0.25, 0.3) is 5.91 Å². The number of hydrogen-bond acceptors (Lipinski definition) is 3. The van der Waals surface area contributed by atoms with E-state index < -0.39 is 0 Å². The number of amides is 1. The zero-order valence-electron chi connectivity index (χ0n) is 12.5. The molecule has 5 heteroatoms. The summed E-state index contributed by atoms with van der Waals surface area (Å²) in [7, 11) is 1.76. The maximum atomic E-state index is 12.4. The molecule has 3 N–H and O–H groups in total. The Bertz CT molecular complexity index is 536. The maximum Gasteiger partial charge on any atom is 0.271 e. The van der Waals surface area contributed by atoms with Crippen LogP contribution < -0.4 is 11.1 Å². The molecule has 0 radical (unpaired) electrons. The predicted molar refractivity (Wildman–Crippen MR) is 78.2 cm³/mol. The normalized spacial score (nSPS) is 29.6. The lowest BCUT2D eigenvalue weighted by Gasteiger charge is -2.28. The molecule has 2 saturated carbocycles. The number of aryl methyl sites for hydroxylation is 2. The highest BCUT2D eigenvalue weighted by molar-refractivity contribution is 5.98. The van der Waals surface area contributed by atoms with E-state index in [-0.39, 0.29) is 11.9 Å². The van der Waals surface area contributed by atoms with Crippen LogP contribution in [0.25, 0.3) is 0 Å². The molecular formula is C15H24N4O. The van der Waals surface area contributed by atoms with E-state index in [2.05, 4.69) is 17.3 Å². The third-order valence-electron chi connectivity index (χ3n) is 5.28. The molecule has 4 atom stereocenters. The SMILES string of the molecule is Cc1nn(C)c(C(=O)NC(C)C2CC3CCC2C3)c1N. The second-order valence-electron chi connectivity index (χ2n) is 6.57. The summed E-state index contributed by atoms with van der Waals surface area (Å²) in [6.07, 6.45) is 5.35. The Labute approximate surface area is 119 Å². The molecule has 1 amide bonds. The van der Waals surface area contributed by atoms with Crippen molar-refractivity contribution in [1.82, 2.24) is 15.1 Å². The zero-order valence-corrected chi connectivity index (χ0v) is 12.5. The predicted octanol–water partition coefficient (Wildman–Crippen LogP) is 1.87. The van der Waals surface area contributed by atoms with E-state index in [0.29, 0.717) is 23.0 Å². The first-order valence-electron chi connectivity index (χ1n) is 7.57. The fourth-order valence-electron chi connectivity index (χ4n) is 4.23. The Morgan fingerprint density at radius 2 is 2.20 bits per heavy atom. The van der Waals surface area contributed by atoms with E-state index in [0.717, 1.165) is 11.8 Å². The van der Waals surface area contributed by atoms with Crippen molar-refractivity contribution >= 4 is 11.6 Å². The molecule has 2 aliphatic carbocycles. The number of nitrogens with two attached hydrogens (primary N) is 1. The van der Waals surface area contributed by atoms with Gasteiger partial charge in [-0.25, -0.2) is 0 Å². The van der Waals surface area contributed by atoms with Crippen LogP contribution in [0.15, 0.2) is 0 Å². The van der Waals surface area contributed by atoms with Crippen molar-refractivity contribution in [2.45, 2.75) is 45.6 Å². The molecule has 110 valence electrons. The lowest BCUT2D eigenvalue weighted by Crippen LogP contribution is -2.41. The van der Waals surface area contributed by atoms with Crippen molar-refractivity contribution < 1.29 is 4.79 Å². The van der Waals surface area contributed by atoms with Crippen LogP contribution in [0.2, 0.25) is 0 Å². The Hall–Kier alpha value is -1.52. The van der Waals surface area contributed by atoms with Crippen LogP contribution in [0.4, 0.5) is 5.69 Å². The van der Waals surface area contributed by atoms with Crippen molar-refractivity contribution in [3.05, 3.63) is 11.4 Å². The molecular weight excluding hydrogens is 252 g/mol. The summed E-state index contributed by atoms with van der Waals surface area (Å²) in [5, 5.41) is 7.34. The summed E-state index contributed by atoms with van der Waals surface area (Å²) in [6.45, 7) is 3.95. The summed E-state index contributed by atoms with van der Waals surface area (Å²) < 4.78 is 1.58. The minimum absolute atomic E-state index is 0.0964. The molecule has 1 heterocycles. The van der Waals surface area contributed by atoms with E-state index >= 15 is 0 Å². The molecule has 3 rings (SSSR count). The van der Waals surface area contributed by atoms with Gasteiger partial charge in [-0.1, -0.05) is 6.42 Å². The molecule has 0 spiro atoms. The van der Waals surface area contributed by atoms with Gasteiger partial charge in [0.05, 0.1) is 11.4 Å². The molecule has 5 nitrogen and oxygen atoms in total. The number of nitrogens with zero attached hydrogens (tertiary/aromatic N) is 2. The molecule has 2 bridgehead atoms. The average Bonchev–Trinajstić information content (AvgIpc) is 3.05. The molecule has 0 saturated heterocycles. The van der Waals surface area contributed by atoms with Gasteiger partial charge in [0.2, 0.25) is 0 Å². The molecule has 1 aromatic heterocycles. The number of rotatable bonds is 3. The van der Waals surface area contributed by atoms with E-state index in [1.54, 1.807) is 11.7 Å². The number of aromatic nitrogens is 2. The van der Waals surface area contributed by atoms with Gasteiger partial charge in [0.1, 0.15) is 5.69 Å². The van der Waals surface area contributed by atoms with E-state index in [1.165, 1.54) is 25.7 Å². The fourth-order valence-corrected chi connectivity index (χ4v) is 4.23. The summed E-state index contributed by atoms with van der Waals surface area (Å²) >= 11 is 0. The van der Waals surface area contributed by atoms with Crippen LogP contribution in [0, 0.1) is 24.7 Å². The van der Waals surface area contributed by atoms with Crippen LogP contribution in [0.5, 0.6) is 0 Å². The number of carbonyl (C=O) groups is 1. The van der Waals surface area contributed by atoms with E-state index in [9.17, 15) is 4.79 Å². The van der Waals surface area contributed by atoms with Crippen molar-refractivity contribution in [3.63, 3.8) is 0 Å². The van der Waals surface area contributed by atoms with E-state index in [4.69, 9.17) is 5.73 Å². The number of hydrogen-bond donors (Lipinski definition) is 2.